The largest absolute Gasteiger partial charge is 0.490 e. The first-order chi connectivity index (χ1) is 22.6. The van der Waals surface area contributed by atoms with Crippen LogP contribution in [0.25, 0.3) is 0 Å². The Kier molecular flexibility index (Phi) is 10.8. The molecule has 1 fully saturated rings. The molecule has 4 aliphatic heterocycles. The molecule has 0 unspecified atom stereocenters. The lowest BCUT2D eigenvalue weighted by Gasteiger charge is -2.31. The third-order valence-corrected chi connectivity index (χ3v) is 8.48. The average Bonchev–Trinajstić information content (AvgIpc) is 3.44. The first-order valence-electron chi connectivity index (χ1n) is 16.2. The highest BCUT2D eigenvalue weighted by atomic mass is 16.5. The van der Waals surface area contributed by atoms with E-state index in [4.69, 9.17) is 14.2 Å². The van der Waals surface area contributed by atoms with Crippen molar-refractivity contribution in [3.8, 4) is 17.2 Å². The van der Waals surface area contributed by atoms with Crippen molar-refractivity contribution in [1.82, 2.24) is 26.2 Å². The van der Waals surface area contributed by atoms with Gasteiger partial charge < -0.3 is 40.4 Å². The second kappa shape index (κ2) is 15.2. The number of nitrogens with one attached hydrogen (secondary N) is 4. The summed E-state index contributed by atoms with van der Waals surface area (Å²) in [4.78, 5) is 68.1. The summed E-state index contributed by atoms with van der Waals surface area (Å²) in [6.07, 6.45) is 1.96. The minimum absolute atomic E-state index is 0.154. The molecule has 0 aromatic heterocycles. The summed E-state index contributed by atoms with van der Waals surface area (Å²) in [5.41, 5.74) is 1.53. The van der Waals surface area contributed by atoms with Gasteiger partial charge in [0.05, 0.1) is 13.2 Å². The molecule has 2 bridgehead atoms. The summed E-state index contributed by atoms with van der Waals surface area (Å²) in [5, 5.41) is 11.2. The van der Waals surface area contributed by atoms with Gasteiger partial charge in [-0.3, -0.25) is 24.0 Å². The summed E-state index contributed by atoms with van der Waals surface area (Å²) in [6.45, 7) is 6.51. The molecule has 4 heterocycles. The zero-order chi connectivity index (χ0) is 33.5. The molecule has 2 aromatic carbocycles. The summed E-state index contributed by atoms with van der Waals surface area (Å²) in [5.74, 6) is -0.815. The fourth-order valence-corrected chi connectivity index (χ4v) is 5.83. The quantitative estimate of drug-likeness (QED) is 0.384. The van der Waals surface area contributed by atoms with Crippen LogP contribution in [0, 0.1) is 5.92 Å². The molecule has 0 radical (unpaired) electrons. The Hall–Kier alpha value is -4.81. The van der Waals surface area contributed by atoms with Crippen LogP contribution in [0.15, 0.2) is 42.5 Å². The molecule has 6 rings (SSSR count). The number of rotatable bonds is 4. The van der Waals surface area contributed by atoms with E-state index in [0.29, 0.717) is 49.8 Å². The van der Waals surface area contributed by atoms with Crippen molar-refractivity contribution in [2.45, 2.75) is 77.2 Å². The van der Waals surface area contributed by atoms with Crippen molar-refractivity contribution in [3.05, 3.63) is 53.6 Å². The van der Waals surface area contributed by atoms with Crippen LogP contribution in [-0.2, 0) is 36.9 Å². The van der Waals surface area contributed by atoms with Gasteiger partial charge in [0.15, 0.2) is 18.1 Å². The van der Waals surface area contributed by atoms with Crippen molar-refractivity contribution in [3.63, 3.8) is 0 Å². The number of hydrogen-bond donors (Lipinski definition) is 4. The second-order valence-electron chi connectivity index (χ2n) is 12.5. The van der Waals surface area contributed by atoms with Crippen LogP contribution in [0.4, 0.5) is 0 Å². The van der Waals surface area contributed by atoms with Gasteiger partial charge in [-0.2, -0.15) is 0 Å². The third-order valence-electron chi connectivity index (χ3n) is 8.48. The molecule has 252 valence electrons. The highest BCUT2D eigenvalue weighted by Gasteiger charge is 2.39. The molecule has 4 atom stereocenters. The maximum Gasteiger partial charge on any atom is 0.258 e. The van der Waals surface area contributed by atoms with E-state index in [2.05, 4.69) is 21.3 Å². The molecule has 13 nitrogen and oxygen atoms in total. The summed E-state index contributed by atoms with van der Waals surface area (Å²) >= 11 is 0. The van der Waals surface area contributed by atoms with Crippen LogP contribution in [0.5, 0.6) is 17.2 Å². The van der Waals surface area contributed by atoms with Crippen LogP contribution in [-0.4, -0.2) is 85.0 Å². The lowest BCUT2D eigenvalue weighted by molar-refractivity contribution is -0.143. The predicted molar refractivity (Wildman–Crippen MR) is 171 cm³/mol. The first kappa shape index (κ1) is 33.6. The highest BCUT2D eigenvalue weighted by Crippen LogP contribution is 2.30. The normalized spacial score (nSPS) is 24.0. The van der Waals surface area contributed by atoms with Crippen molar-refractivity contribution < 1.29 is 38.2 Å². The molecule has 1 saturated heterocycles. The molecule has 47 heavy (non-hydrogen) atoms. The molecule has 13 heteroatoms. The van der Waals surface area contributed by atoms with Crippen LogP contribution in [0.3, 0.4) is 0 Å². The Morgan fingerprint density at radius 2 is 1.66 bits per heavy atom. The predicted octanol–water partition coefficient (Wildman–Crippen LogP) is 1.22. The van der Waals surface area contributed by atoms with Crippen LogP contribution < -0.4 is 35.5 Å². The van der Waals surface area contributed by atoms with Crippen molar-refractivity contribution in [2.24, 2.45) is 5.92 Å². The molecule has 2 aromatic rings. The van der Waals surface area contributed by atoms with Gasteiger partial charge in [-0.25, -0.2) is 0 Å². The summed E-state index contributed by atoms with van der Waals surface area (Å²) < 4.78 is 17.1. The molecule has 0 spiro atoms. The number of carbonyl (C=O) groups is 5. The standard InChI is InChI=1S/C34H43N5O8/c1-20(2)30-34(44)39-13-4-6-26(39)33(43)36-21(3)31(41)37-25(16-22-7-10-24(11-8-22)47-19-29(40)38-30)32(42)35-18-23-9-12-27-28(17-23)46-15-5-14-45-27/h7-12,17,20-21,25-26,30H,4-6,13-16,18-19H2,1-3H3,(H,35,42)(H,36,43)(H,37,41)(H,38,40)/t21-,25+,26-,30+/m0/s1. The lowest BCUT2D eigenvalue weighted by atomic mass is 10.0. The maximum absolute atomic E-state index is 13.6. The van der Waals surface area contributed by atoms with Gasteiger partial charge >= 0.3 is 0 Å². The molecule has 4 N–H and O–H groups in total. The first-order valence-corrected chi connectivity index (χ1v) is 16.2. The van der Waals surface area contributed by atoms with Gasteiger partial charge in [0.1, 0.15) is 29.9 Å². The van der Waals surface area contributed by atoms with E-state index in [0.717, 1.165) is 17.5 Å². The molecule has 4 aliphatic rings. The van der Waals surface area contributed by atoms with E-state index in [1.54, 1.807) is 24.3 Å². The topological polar surface area (TPSA) is 164 Å². The summed E-state index contributed by atoms with van der Waals surface area (Å²) in [7, 11) is 0. The van der Waals surface area contributed by atoms with Gasteiger partial charge in [0.25, 0.3) is 5.91 Å². The number of ether oxygens (including phenoxy) is 3. The van der Waals surface area contributed by atoms with Crippen LogP contribution in [0.2, 0.25) is 0 Å². The fourth-order valence-electron chi connectivity index (χ4n) is 5.83. The maximum atomic E-state index is 13.6. The Balaban J connectivity index is 1.34. The minimum atomic E-state index is -0.990. The van der Waals surface area contributed by atoms with Crippen LogP contribution in [0.1, 0.15) is 51.2 Å². The van der Waals surface area contributed by atoms with Crippen molar-refractivity contribution >= 4 is 29.5 Å². The molecule has 0 saturated carbocycles. The number of hydrogen-bond acceptors (Lipinski definition) is 8. The smallest absolute Gasteiger partial charge is 0.258 e. The van der Waals surface area contributed by atoms with E-state index >= 15 is 0 Å². The SMILES string of the molecule is CC(C)[C@H]1NC(=O)COc2ccc(cc2)C[C@H](C(=O)NCc2ccc3c(c2)OCCCO3)NC(=O)[C@H](C)NC(=O)[C@@H]2CCCN2C1=O. The van der Waals surface area contributed by atoms with E-state index in [1.165, 1.54) is 11.8 Å². The lowest BCUT2D eigenvalue weighted by Crippen LogP contribution is -2.58. The number of fused-ring (bicyclic) bond motifs is 14. The Labute approximate surface area is 274 Å². The van der Waals surface area contributed by atoms with E-state index in [9.17, 15) is 24.0 Å². The van der Waals surface area contributed by atoms with Gasteiger partial charge in [0, 0.05) is 25.9 Å². The second-order valence-corrected chi connectivity index (χ2v) is 12.5. The van der Waals surface area contributed by atoms with Gasteiger partial charge in [-0.1, -0.05) is 32.0 Å². The number of carbonyl (C=O) groups excluding carboxylic acids is 5. The zero-order valence-corrected chi connectivity index (χ0v) is 27.0. The Bertz CT molecular complexity index is 1480. The minimum Gasteiger partial charge on any atom is -0.490 e. The van der Waals surface area contributed by atoms with Crippen molar-refractivity contribution in [1.29, 1.82) is 0 Å². The number of amides is 5. The third kappa shape index (κ3) is 8.52. The van der Waals surface area contributed by atoms with Crippen molar-refractivity contribution in [2.75, 3.05) is 26.4 Å². The summed E-state index contributed by atoms with van der Waals surface area (Å²) in [6, 6.07) is 8.71. The average molecular weight is 650 g/mol. The molecule has 0 aliphatic carbocycles. The van der Waals surface area contributed by atoms with E-state index in [1.807, 2.05) is 32.0 Å². The fraction of sp³-hybridized carbons (Fsp3) is 0.500. The number of benzene rings is 2. The van der Waals surface area contributed by atoms with E-state index < -0.39 is 47.8 Å². The van der Waals surface area contributed by atoms with Crippen LogP contribution >= 0.6 is 0 Å². The Morgan fingerprint density at radius 3 is 2.40 bits per heavy atom. The number of nitrogens with zero attached hydrogens (tertiary/aromatic N) is 1. The van der Waals surface area contributed by atoms with Gasteiger partial charge in [-0.15, -0.1) is 0 Å². The van der Waals surface area contributed by atoms with E-state index in [-0.39, 0.29) is 31.4 Å². The van der Waals surface area contributed by atoms with Gasteiger partial charge in [0.2, 0.25) is 23.6 Å². The zero-order valence-electron chi connectivity index (χ0n) is 27.0. The molecular weight excluding hydrogens is 606 g/mol. The monoisotopic (exact) mass is 649 g/mol. The Morgan fingerprint density at radius 1 is 0.915 bits per heavy atom. The van der Waals surface area contributed by atoms with Gasteiger partial charge in [-0.05, 0) is 61.1 Å². The molecule has 5 amide bonds. The highest BCUT2D eigenvalue weighted by molar-refractivity contribution is 5.96. The molecular formula is C34H43N5O8.